The predicted octanol–water partition coefficient (Wildman–Crippen LogP) is 10.6. The molecule has 4 aliphatic rings. The zero-order valence-electron chi connectivity index (χ0n) is 30.8. The van der Waals surface area contributed by atoms with Crippen molar-refractivity contribution in [2.24, 2.45) is 0 Å². The first-order valence-corrected chi connectivity index (χ1v) is 17.1. The van der Waals surface area contributed by atoms with Gasteiger partial charge in [0.25, 0.3) is 0 Å². The van der Waals surface area contributed by atoms with Crippen molar-refractivity contribution in [2.45, 2.75) is 156 Å². The number of hydrogen-bond donors (Lipinski definition) is 0. The highest BCUT2D eigenvalue weighted by atomic mass is 16.7. The average Bonchev–Trinajstić information content (AvgIpc) is 3.11. The summed E-state index contributed by atoms with van der Waals surface area (Å²) in [6, 6.07) is 14.9. The van der Waals surface area contributed by atoms with E-state index in [-0.39, 0.29) is 34.5 Å². The van der Waals surface area contributed by atoms with Crippen LogP contribution in [0.1, 0.15) is 163 Å². The van der Waals surface area contributed by atoms with E-state index in [0.717, 1.165) is 5.46 Å². The topological polar surface area (TPSA) is 21.7 Å². The number of hydrogen-bond acceptors (Lipinski definition) is 3. The van der Waals surface area contributed by atoms with Crippen LogP contribution < -0.4 is 10.4 Å². The first-order valence-electron chi connectivity index (χ1n) is 17.1. The van der Waals surface area contributed by atoms with Crippen LogP contribution >= 0.6 is 0 Å². The molecule has 0 aliphatic carbocycles. The molecule has 0 bridgehead atoms. The highest BCUT2D eigenvalue weighted by molar-refractivity contribution is 6.62. The molecule has 1 saturated heterocycles. The third-order valence-corrected chi connectivity index (χ3v) is 12.3. The molecular formula is C42H58BNO2. The average molecular weight is 620 g/mol. The molecule has 4 aliphatic heterocycles. The van der Waals surface area contributed by atoms with Crippen molar-refractivity contribution >= 4 is 29.6 Å². The second kappa shape index (κ2) is 9.11. The minimum Gasteiger partial charge on any atom is -0.399 e. The Kier molecular flexibility index (Phi) is 6.61. The number of nitrogens with zero attached hydrogens (tertiary/aromatic N) is 1. The molecule has 1 fully saturated rings. The van der Waals surface area contributed by atoms with Crippen molar-refractivity contribution in [3.05, 3.63) is 80.9 Å². The van der Waals surface area contributed by atoms with Crippen LogP contribution in [0.2, 0.25) is 0 Å². The van der Waals surface area contributed by atoms with Gasteiger partial charge in [-0.2, -0.15) is 0 Å². The number of rotatable bonds is 1. The maximum atomic E-state index is 6.71. The van der Waals surface area contributed by atoms with E-state index in [1.165, 1.54) is 61.6 Å². The molecule has 3 nitrogen and oxygen atoms in total. The SMILES string of the molecule is C.CC(C)(C)c1cc2c3c(c1)C(C)(C)c1cc(C(C)(C)C)cc4c1N3c1c(cc(B3OC(C)(C)C(C)(C)O3)cc1C4(C)C)C2(C)C. The quantitative estimate of drug-likeness (QED) is 0.253. The molecule has 0 N–H and O–H groups in total. The van der Waals surface area contributed by atoms with Crippen LogP contribution in [-0.2, 0) is 36.4 Å². The number of anilines is 3. The fourth-order valence-electron chi connectivity index (χ4n) is 8.26. The highest BCUT2D eigenvalue weighted by Crippen LogP contribution is 2.66. The molecule has 0 aromatic heterocycles. The second-order valence-corrected chi connectivity index (χ2v) is 19.1. The third-order valence-electron chi connectivity index (χ3n) is 12.3. The molecule has 246 valence electrons. The Morgan fingerprint density at radius 3 is 1.00 bits per heavy atom. The van der Waals surface area contributed by atoms with Gasteiger partial charge in [-0.05, 0) is 88.5 Å². The maximum Gasteiger partial charge on any atom is 0.494 e. The van der Waals surface area contributed by atoms with Crippen LogP contribution in [0.25, 0.3) is 0 Å². The molecule has 3 aromatic carbocycles. The van der Waals surface area contributed by atoms with Crippen LogP contribution in [0.3, 0.4) is 0 Å². The molecule has 0 saturated carbocycles. The Morgan fingerprint density at radius 2 is 0.739 bits per heavy atom. The summed E-state index contributed by atoms with van der Waals surface area (Å²) in [4.78, 5) is 2.68. The molecule has 46 heavy (non-hydrogen) atoms. The summed E-state index contributed by atoms with van der Waals surface area (Å²) in [7, 11) is -0.417. The Morgan fingerprint density at radius 1 is 0.478 bits per heavy atom. The molecule has 4 heterocycles. The summed E-state index contributed by atoms with van der Waals surface area (Å²) in [5.74, 6) is 0. The Balaban J connectivity index is 0.00000372. The maximum absolute atomic E-state index is 6.71. The fraction of sp³-hybridized carbons (Fsp3) is 0.571. The molecular weight excluding hydrogens is 561 g/mol. The van der Waals surface area contributed by atoms with Gasteiger partial charge < -0.3 is 14.2 Å². The lowest BCUT2D eigenvalue weighted by atomic mass is 9.58. The first-order chi connectivity index (χ1) is 20.3. The summed E-state index contributed by atoms with van der Waals surface area (Å²) in [5, 5.41) is 0. The smallest absolute Gasteiger partial charge is 0.399 e. The van der Waals surface area contributed by atoms with E-state index < -0.39 is 18.3 Å². The third kappa shape index (κ3) is 4.11. The van der Waals surface area contributed by atoms with Gasteiger partial charge in [0.1, 0.15) is 0 Å². The molecule has 0 amide bonds. The van der Waals surface area contributed by atoms with Crippen LogP contribution in [-0.4, -0.2) is 18.3 Å². The van der Waals surface area contributed by atoms with E-state index in [2.05, 4.69) is 152 Å². The van der Waals surface area contributed by atoms with Gasteiger partial charge in [-0.15, -0.1) is 0 Å². The summed E-state index contributed by atoms with van der Waals surface area (Å²) in [6.07, 6.45) is 0. The fourth-order valence-corrected chi connectivity index (χ4v) is 8.26. The van der Waals surface area contributed by atoms with Gasteiger partial charge in [-0.25, -0.2) is 0 Å². The van der Waals surface area contributed by atoms with E-state index in [9.17, 15) is 0 Å². The Bertz CT molecular complexity index is 1680. The monoisotopic (exact) mass is 619 g/mol. The molecule has 3 aromatic rings. The van der Waals surface area contributed by atoms with Gasteiger partial charge in [0.15, 0.2) is 0 Å². The molecule has 4 heteroatoms. The standard InChI is InChI=1S/C41H54BNO2.CH4/c1-35(2,3)23-17-26-32-28(19-23)38(9,10)30-21-25(42-44-40(13,14)41(15,16)45-42)22-31-34(30)43(32)33-27(37(26,7)8)18-24(36(4,5)6)20-29(33)39(31,11)12;/h17-22H,1-16H3;1H4. The zero-order valence-corrected chi connectivity index (χ0v) is 30.8. The van der Waals surface area contributed by atoms with Gasteiger partial charge >= 0.3 is 7.12 Å². The molecule has 0 spiro atoms. The van der Waals surface area contributed by atoms with Crippen molar-refractivity contribution in [1.29, 1.82) is 0 Å². The molecule has 7 rings (SSSR count). The van der Waals surface area contributed by atoms with E-state index in [4.69, 9.17) is 9.31 Å². The van der Waals surface area contributed by atoms with Crippen molar-refractivity contribution in [1.82, 2.24) is 0 Å². The van der Waals surface area contributed by atoms with Gasteiger partial charge in [0, 0.05) is 16.2 Å². The van der Waals surface area contributed by atoms with Gasteiger partial charge in [-0.3, -0.25) is 0 Å². The van der Waals surface area contributed by atoms with Crippen LogP contribution in [0.4, 0.5) is 17.1 Å². The van der Waals surface area contributed by atoms with Crippen molar-refractivity contribution < 1.29 is 9.31 Å². The normalized spacial score (nSPS) is 21.9. The molecule has 0 atom stereocenters. The van der Waals surface area contributed by atoms with Gasteiger partial charge in [-0.1, -0.05) is 127 Å². The van der Waals surface area contributed by atoms with Crippen molar-refractivity contribution in [2.75, 3.05) is 4.90 Å². The predicted molar refractivity (Wildman–Crippen MR) is 197 cm³/mol. The zero-order chi connectivity index (χ0) is 33.2. The highest BCUT2D eigenvalue weighted by Gasteiger charge is 2.55. The lowest BCUT2D eigenvalue weighted by Gasteiger charge is -2.56. The number of benzene rings is 3. The van der Waals surface area contributed by atoms with Crippen molar-refractivity contribution in [3.8, 4) is 0 Å². The van der Waals surface area contributed by atoms with Crippen molar-refractivity contribution in [3.63, 3.8) is 0 Å². The second-order valence-electron chi connectivity index (χ2n) is 19.1. The Labute approximate surface area is 280 Å². The lowest BCUT2D eigenvalue weighted by molar-refractivity contribution is 0.00578. The van der Waals surface area contributed by atoms with E-state index in [0.29, 0.717) is 0 Å². The summed E-state index contributed by atoms with van der Waals surface area (Å²) < 4.78 is 13.4. The Hall–Kier alpha value is -2.56. The largest absolute Gasteiger partial charge is 0.494 e. The van der Waals surface area contributed by atoms with E-state index >= 15 is 0 Å². The van der Waals surface area contributed by atoms with Crippen LogP contribution in [0.15, 0.2) is 36.4 Å². The van der Waals surface area contributed by atoms with E-state index in [1.54, 1.807) is 0 Å². The lowest BCUT2D eigenvalue weighted by Crippen LogP contribution is -2.46. The van der Waals surface area contributed by atoms with E-state index in [1.807, 2.05) is 0 Å². The summed E-state index contributed by atoms with van der Waals surface area (Å²) in [6.45, 7) is 37.4. The molecule has 0 radical (unpaired) electrons. The van der Waals surface area contributed by atoms with Gasteiger partial charge in [0.05, 0.1) is 28.3 Å². The van der Waals surface area contributed by atoms with Crippen LogP contribution in [0.5, 0.6) is 0 Å². The van der Waals surface area contributed by atoms with Gasteiger partial charge in [0.2, 0.25) is 0 Å². The van der Waals surface area contributed by atoms with Crippen LogP contribution in [0, 0.1) is 0 Å². The first kappa shape index (κ1) is 33.3. The molecule has 0 unspecified atom stereocenters. The summed E-state index contributed by atoms with van der Waals surface area (Å²) >= 11 is 0. The minimum absolute atomic E-state index is 0. The summed E-state index contributed by atoms with van der Waals surface area (Å²) in [5.41, 5.74) is 15.1. The minimum atomic E-state index is -0.417.